The molecule has 12 aromatic rings. The van der Waals surface area contributed by atoms with Crippen molar-refractivity contribution in [1.29, 1.82) is 0 Å². The van der Waals surface area contributed by atoms with Crippen molar-refractivity contribution < 1.29 is 6.85 Å². The Kier molecular flexibility index (Phi) is 10.8. The maximum absolute atomic E-state index is 9.07. The van der Waals surface area contributed by atoms with Gasteiger partial charge in [-0.2, -0.15) is 0 Å². The van der Waals surface area contributed by atoms with Crippen LogP contribution in [0.4, 0.5) is 34.1 Å². The molecule has 0 amide bonds. The largest absolute Gasteiger partial charge is 0.311 e. The highest BCUT2D eigenvalue weighted by Crippen LogP contribution is 2.60. The van der Waals surface area contributed by atoms with E-state index in [9.17, 15) is 0 Å². The third kappa shape index (κ3) is 8.08. The van der Waals surface area contributed by atoms with Crippen LogP contribution in [0, 0.1) is 0 Å². The van der Waals surface area contributed by atoms with E-state index in [-0.39, 0.29) is 47.3 Å². The van der Waals surface area contributed by atoms with Gasteiger partial charge in [0.25, 0.3) is 6.71 Å². The SMILES string of the molecule is [2H]c1c([2H])c([2H])c(-c2ccc(N3c4cc(C(C)(C)C)ccc4B4c5cc(C(C)(C)C)ccc5N(c5c(-c6ccccc6)cccc5-c5ccccc5)c5cc(-c6cccc7c6C(c6ccccc6)(c6ccccc6)c6ccccc6-7)cc3c54)cc2)c([2H])c1[2H]. The molecule has 0 spiro atoms. The summed E-state index contributed by atoms with van der Waals surface area (Å²) >= 11 is 0. The van der Waals surface area contributed by atoms with Crippen LogP contribution in [0.1, 0.15) is 81.8 Å². The highest BCUT2D eigenvalue weighted by atomic mass is 15.2. The number of rotatable bonds is 8. The predicted molar refractivity (Wildman–Crippen MR) is 357 cm³/mol. The van der Waals surface area contributed by atoms with Crippen LogP contribution in [0.2, 0.25) is 0 Å². The average molecular weight is 1080 g/mol. The lowest BCUT2D eigenvalue weighted by Crippen LogP contribution is -2.61. The van der Waals surface area contributed by atoms with Crippen LogP contribution in [-0.2, 0) is 16.2 Å². The van der Waals surface area contributed by atoms with E-state index in [1.165, 1.54) is 55.4 Å². The molecule has 0 unspecified atom stereocenters. The second kappa shape index (κ2) is 19.7. The molecule has 15 rings (SSSR count). The molecule has 0 aromatic heterocycles. The minimum absolute atomic E-state index is 0.170. The number of fused-ring (bicyclic) bond motifs is 7. The molecule has 402 valence electrons. The zero-order valence-electron chi connectivity index (χ0n) is 53.2. The molecule has 0 saturated carbocycles. The lowest BCUT2D eigenvalue weighted by atomic mass is 9.33. The number of hydrogen-bond acceptors (Lipinski definition) is 2. The van der Waals surface area contributed by atoms with Gasteiger partial charge in [-0.05, 0) is 142 Å². The Morgan fingerprint density at radius 2 is 0.869 bits per heavy atom. The lowest BCUT2D eigenvalue weighted by Gasteiger charge is -2.46. The van der Waals surface area contributed by atoms with Gasteiger partial charge < -0.3 is 9.80 Å². The van der Waals surface area contributed by atoms with Gasteiger partial charge in [0, 0.05) is 39.6 Å². The fourth-order valence-electron chi connectivity index (χ4n) is 14.0. The topological polar surface area (TPSA) is 6.48 Å². The van der Waals surface area contributed by atoms with Crippen molar-refractivity contribution in [3.05, 3.63) is 318 Å². The fourth-order valence-corrected chi connectivity index (χ4v) is 14.0. The zero-order chi connectivity index (χ0) is 61.3. The van der Waals surface area contributed by atoms with Gasteiger partial charge in [-0.3, -0.25) is 0 Å². The van der Waals surface area contributed by atoms with Gasteiger partial charge in [0.2, 0.25) is 0 Å². The first kappa shape index (κ1) is 45.9. The van der Waals surface area contributed by atoms with E-state index in [1.807, 2.05) is 12.1 Å². The second-order valence-corrected chi connectivity index (χ2v) is 24.8. The Morgan fingerprint density at radius 3 is 1.48 bits per heavy atom. The number of para-hydroxylation sites is 1. The van der Waals surface area contributed by atoms with E-state index in [0.717, 1.165) is 73.0 Å². The minimum atomic E-state index is -0.718. The Labute approximate surface area is 503 Å². The third-order valence-electron chi connectivity index (χ3n) is 17.9. The van der Waals surface area contributed by atoms with Crippen LogP contribution >= 0.6 is 0 Å². The lowest BCUT2D eigenvalue weighted by molar-refractivity contribution is 0.590. The molecule has 0 N–H and O–H groups in total. The Morgan fingerprint density at radius 1 is 0.357 bits per heavy atom. The summed E-state index contributed by atoms with van der Waals surface area (Å²) in [5, 5.41) is 0. The Balaban J connectivity index is 1.11. The van der Waals surface area contributed by atoms with Crippen LogP contribution in [0.25, 0.3) is 55.6 Å². The molecular formula is C81H65BN2. The summed E-state index contributed by atoms with van der Waals surface area (Å²) in [6.45, 7) is 13.5. The van der Waals surface area contributed by atoms with Crippen molar-refractivity contribution in [2.24, 2.45) is 0 Å². The molecule has 84 heavy (non-hydrogen) atoms. The summed E-state index contributed by atoms with van der Waals surface area (Å²) in [5.41, 5.74) is 25.5. The monoisotopic (exact) mass is 1080 g/mol. The second-order valence-electron chi connectivity index (χ2n) is 24.8. The van der Waals surface area contributed by atoms with E-state index in [2.05, 4.69) is 294 Å². The molecular weight excluding hydrogens is 1010 g/mol. The molecule has 0 radical (unpaired) electrons. The van der Waals surface area contributed by atoms with E-state index in [4.69, 9.17) is 6.85 Å². The first-order valence-corrected chi connectivity index (χ1v) is 29.4. The van der Waals surface area contributed by atoms with Crippen molar-refractivity contribution in [3.8, 4) is 55.6 Å². The van der Waals surface area contributed by atoms with Crippen molar-refractivity contribution in [2.45, 2.75) is 57.8 Å². The van der Waals surface area contributed by atoms with Gasteiger partial charge in [-0.1, -0.05) is 290 Å². The fraction of sp³-hybridized carbons (Fsp3) is 0.111. The molecule has 2 heterocycles. The number of anilines is 6. The molecule has 2 nitrogen and oxygen atoms in total. The van der Waals surface area contributed by atoms with Crippen LogP contribution in [0.5, 0.6) is 0 Å². The Bertz CT molecular complexity index is 4680. The molecule has 0 fully saturated rings. The summed E-state index contributed by atoms with van der Waals surface area (Å²) < 4.78 is 43.9. The molecule has 12 aromatic carbocycles. The number of hydrogen-bond donors (Lipinski definition) is 0. The average Bonchev–Trinajstić information content (AvgIpc) is 1.35. The summed E-state index contributed by atoms with van der Waals surface area (Å²) in [7, 11) is 0. The van der Waals surface area contributed by atoms with Crippen molar-refractivity contribution in [2.75, 3.05) is 9.80 Å². The molecule has 3 aliphatic rings. The third-order valence-corrected chi connectivity index (χ3v) is 17.9. The van der Waals surface area contributed by atoms with Crippen LogP contribution in [0.3, 0.4) is 0 Å². The van der Waals surface area contributed by atoms with Gasteiger partial charge in [0.15, 0.2) is 0 Å². The standard InChI is InChI=1S/C81H65BN2/c1-79(2,3)61-45-49-72-71(52-61)82-70-48-44-62(80(4,5)6)53-73(70)83(63-46-42-55(43-47-63)54-26-12-7-13-27-54)74-50-58(51-75(77(74)82)84(72)78-65(56-28-14-8-15-29-56)38-25-39-66(78)57-30-16-9-17-31-57)64-37-24-40-68-67-36-22-23-41-69(67)81(76(64)68,59-32-18-10-19-33-59)60-34-20-11-21-35-60/h7-53H,1-6H3/i7D,12D,13D,26D,27D. The Hall–Kier alpha value is -9.70. The zero-order valence-corrected chi connectivity index (χ0v) is 48.2. The molecule has 3 heteroatoms. The van der Waals surface area contributed by atoms with Gasteiger partial charge in [-0.25, -0.2) is 0 Å². The summed E-state index contributed by atoms with van der Waals surface area (Å²) in [6, 6.07) is 92.1. The number of nitrogens with zero attached hydrogens (tertiary/aromatic N) is 2. The van der Waals surface area contributed by atoms with Crippen LogP contribution < -0.4 is 26.2 Å². The quantitative estimate of drug-likeness (QED) is 0.140. The first-order valence-electron chi connectivity index (χ1n) is 31.9. The smallest absolute Gasteiger partial charge is 0.252 e. The molecule has 0 bridgehead atoms. The van der Waals surface area contributed by atoms with E-state index >= 15 is 0 Å². The van der Waals surface area contributed by atoms with E-state index in [1.54, 1.807) is 0 Å². The maximum Gasteiger partial charge on any atom is 0.252 e. The maximum atomic E-state index is 9.07. The molecule has 0 saturated heterocycles. The van der Waals surface area contributed by atoms with Crippen LogP contribution in [0.15, 0.2) is 285 Å². The highest BCUT2D eigenvalue weighted by Gasteiger charge is 2.49. The molecule has 2 aliphatic heterocycles. The van der Waals surface area contributed by atoms with Crippen molar-refractivity contribution in [1.82, 2.24) is 0 Å². The van der Waals surface area contributed by atoms with Gasteiger partial charge in [-0.15, -0.1) is 0 Å². The predicted octanol–water partition coefficient (Wildman–Crippen LogP) is 19.4. The van der Waals surface area contributed by atoms with Gasteiger partial charge in [0.05, 0.1) is 18.0 Å². The number of benzene rings is 12. The van der Waals surface area contributed by atoms with Crippen molar-refractivity contribution in [3.63, 3.8) is 0 Å². The summed E-state index contributed by atoms with van der Waals surface area (Å²) in [5.74, 6) is 0. The first-order chi connectivity index (χ1) is 43.0. The van der Waals surface area contributed by atoms with Gasteiger partial charge in [0.1, 0.15) is 0 Å². The summed E-state index contributed by atoms with van der Waals surface area (Å²) in [6.07, 6.45) is 0. The normalized spacial score (nSPS) is 14.5. The molecule has 0 atom stereocenters. The van der Waals surface area contributed by atoms with Crippen LogP contribution in [-0.4, -0.2) is 6.71 Å². The minimum Gasteiger partial charge on any atom is -0.311 e. The van der Waals surface area contributed by atoms with E-state index in [0.29, 0.717) is 5.56 Å². The van der Waals surface area contributed by atoms with Crippen molar-refractivity contribution >= 4 is 57.2 Å². The summed E-state index contributed by atoms with van der Waals surface area (Å²) in [4.78, 5) is 5.05. The molecule has 1 aliphatic carbocycles. The highest BCUT2D eigenvalue weighted by molar-refractivity contribution is 7.00. The van der Waals surface area contributed by atoms with Gasteiger partial charge >= 0.3 is 0 Å². The van der Waals surface area contributed by atoms with E-state index < -0.39 is 11.5 Å².